The van der Waals surface area contributed by atoms with Gasteiger partial charge in [-0.25, -0.2) is 4.98 Å². The van der Waals surface area contributed by atoms with E-state index in [-0.39, 0.29) is 23.3 Å². The second kappa shape index (κ2) is 7.52. The lowest BCUT2D eigenvalue weighted by Gasteiger charge is -2.12. The molecule has 7 heteroatoms. The van der Waals surface area contributed by atoms with Crippen molar-refractivity contribution in [1.82, 2.24) is 14.9 Å². The molecular weight excluding hydrogens is 374 g/mol. The number of thioether (sulfide) groups is 1. The molecule has 2 aromatic heterocycles. The van der Waals surface area contributed by atoms with E-state index in [1.807, 2.05) is 49.4 Å². The fourth-order valence-electron chi connectivity index (χ4n) is 3.03. The summed E-state index contributed by atoms with van der Waals surface area (Å²) in [5, 5.41) is 5.01. The standard InChI is InChI=1S/C21H19N3O3S/c1-13(18-11-14-7-3-6-10-17(14)27-18)22-19(25)12-28-21-23-16-9-5-4-8-15(16)20(26)24(21)2/h3-11,13H,12H2,1-2H3,(H,22,25). The smallest absolute Gasteiger partial charge is 0.261 e. The molecule has 0 saturated heterocycles. The zero-order valence-electron chi connectivity index (χ0n) is 15.5. The van der Waals surface area contributed by atoms with Crippen molar-refractivity contribution in [3.05, 3.63) is 70.7 Å². The molecule has 0 aliphatic heterocycles. The maximum absolute atomic E-state index is 12.4. The molecule has 0 saturated carbocycles. The molecule has 142 valence electrons. The van der Waals surface area contributed by atoms with Gasteiger partial charge in [-0.1, -0.05) is 42.1 Å². The molecule has 6 nitrogen and oxygen atoms in total. The Labute approximate surface area is 165 Å². The number of carbonyl (C=O) groups excluding carboxylic acids is 1. The molecule has 28 heavy (non-hydrogen) atoms. The van der Waals surface area contributed by atoms with Gasteiger partial charge < -0.3 is 9.73 Å². The van der Waals surface area contributed by atoms with Crippen LogP contribution in [0, 0.1) is 0 Å². The van der Waals surface area contributed by atoms with E-state index < -0.39 is 0 Å². The summed E-state index contributed by atoms with van der Waals surface area (Å²) in [5.41, 5.74) is 1.30. The van der Waals surface area contributed by atoms with Crippen LogP contribution in [0.2, 0.25) is 0 Å². The molecule has 1 N–H and O–H groups in total. The van der Waals surface area contributed by atoms with Gasteiger partial charge in [0.15, 0.2) is 5.16 Å². The van der Waals surface area contributed by atoms with Crippen molar-refractivity contribution >= 4 is 39.5 Å². The Morgan fingerprint density at radius 2 is 1.96 bits per heavy atom. The van der Waals surface area contributed by atoms with Crippen LogP contribution in [-0.2, 0) is 11.8 Å². The normalized spacial score (nSPS) is 12.4. The van der Waals surface area contributed by atoms with E-state index >= 15 is 0 Å². The predicted octanol–water partition coefficient (Wildman–Crippen LogP) is 3.65. The topological polar surface area (TPSA) is 77.1 Å². The monoisotopic (exact) mass is 393 g/mol. The van der Waals surface area contributed by atoms with Crippen LogP contribution in [-0.4, -0.2) is 21.2 Å². The van der Waals surface area contributed by atoms with E-state index in [0.29, 0.717) is 21.8 Å². The number of nitrogens with one attached hydrogen (secondary N) is 1. The van der Waals surface area contributed by atoms with Gasteiger partial charge in [-0.2, -0.15) is 0 Å². The number of fused-ring (bicyclic) bond motifs is 2. The summed E-state index contributed by atoms with van der Waals surface area (Å²) < 4.78 is 7.27. The number of benzene rings is 2. The maximum atomic E-state index is 12.4. The number of aromatic nitrogens is 2. The highest BCUT2D eigenvalue weighted by Crippen LogP contribution is 2.24. The minimum atomic E-state index is -0.256. The molecule has 1 unspecified atom stereocenters. The molecule has 0 radical (unpaired) electrons. The summed E-state index contributed by atoms with van der Waals surface area (Å²) >= 11 is 1.24. The minimum absolute atomic E-state index is 0.121. The van der Waals surface area contributed by atoms with Gasteiger partial charge in [0.05, 0.1) is 22.7 Å². The zero-order chi connectivity index (χ0) is 19.7. The second-order valence-corrected chi connectivity index (χ2v) is 7.48. The molecule has 2 aromatic carbocycles. The van der Waals surface area contributed by atoms with Gasteiger partial charge >= 0.3 is 0 Å². The van der Waals surface area contributed by atoms with Crippen LogP contribution < -0.4 is 10.9 Å². The van der Waals surface area contributed by atoms with Crippen LogP contribution in [0.25, 0.3) is 21.9 Å². The average Bonchev–Trinajstić information content (AvgIpc) is 3.14. The summed E-state index contributed by atoms with van der Waals surface area (Å²) in [6.07, 6.45) is 0. The highest BCUT2D eigenvalue weighted by molar-refractivity contribution is 7.99. The van der Waals surface area contributed by atoms with Gasteiger partial charge in [-0.05, 0) is 31.2 Å². The lowest BCUT2D eigenvalue weighted by atomic mass is 10.2. The van der Waals surface area contributed by atoms with Crippen molar-refractivity contribution in [3.63, 3.8) is 0 Å². The molecule has 0 fully saturated rings. The first-order valence-electron chi connectivity index (χ1n) is 8.89. The van der Waals surface area contributed by atoms with E-state index in [2.05, 4.69) is 10.3 Å². The zero-order valence-corrected chi connectivity index (χ0v) is 16.3. The molecule has 1 atom stereocenters. The number of hydrogen-bond donors (Lipinski definition) is 1. The minimum Gasteiger partial charge on any atom is -0.459 e. The number of nitrogens with zero attached hydrogens (tertiary/aromatic N) is 2. The predicted molar refractivity (Wildman–Crippen MR) is 110 cm³/mol. The summed E-state index contributed by atoms with van der Waals surface area (Å²) in [5.74, 6) is 0.708. The molecule has 4 aromatic rings. The Morgan fingerprint density at radius 3 is 2.79 bits per heavy atom. The third-order valence-corrected chi connectivity index (χ3v) is 5.55. The van der Waals surface area contributed by atoms with Crippen LogP contribution in [0.5, 0.6) is 0 Å². The van der Waals surface area contributed by atoms with Crippen molar-refractivity contribution in [2.45, 2.75) is 18.1 Å². The van der Waals surface area contributed by atoms with Gasteiger partial charge in [0.2, 0.25) is 5.91 Å². The Balaban J connectivity index is 1.45. The average molecular weight is 393 g/mol. The summed E-state index contributed by atoms with van der Waals surface area (Å²) in [6.45, 7) is 1.88. The first kappa shape index (κ1) is 18.3. The lowest BCUT2D eigenvalue weighted by molar-refractivity contribution is -0.119. The van der Waals surface area contributed by atoms with Crippen LogP contribution in [0.4, 0.5) is 0 Å². The maximum Gasteiger partial charge on any atom is 0.261 e. The molecule has 2 heterocycles. The fourth-order valence-corrected chi connectivity index (χ4v) is 3.81. The van der Waals surface area contributed by atoms with Gasteiger partial charge in [0, 0.05) is 12.4 Å². The van der Waals surface area contributed by atoms with Crippen molar-refractivity contribution in [3.8, 4) is 0 Å². The van der Waals surface area contributed by atoms with E-state index in [1.54, 1.807) is 19.2 Å². The van der Waals surface area contributed by atoms with E-state index in [0.717, 1.165) is 11.0 Å². The third-order valence-electron chi connectivity index (χ3n) is 4.52. The number of amides is 1. The van der Waals surface area contributed by atoms with Gasteiger partial charge in [-0.15, -0.1) is 0 Å². The molecule has 0 aliphatic rings. The number of carbonyl (C=O) groups is 1. The number of hydrogen-bond acceptors (Lipinski definition) is 5. The van der Waals surface area contributed by atoms with Crippen LogP contribution in [0.1, 0.15) is 18.7 Å². The van der Waals surface area contributed by atoms with Crippen molar-refractivity contribution < 1.29 is 9.21 Å². The molecule has 1 amide bonds. The third kappa shape index (κ3) is 3.53. The molecule has 0 bridgehead atoms. The van der Waals surface area contributed by atoms with Gasteiger partial charge in [0.1, 0.15) is 11.3 Å². The SMILES string of the molecule is CC(NC(=O)CSc1nc2ccccc2c(=O)n1C)c1cc2ccccc2o1. The van der Waals surface area contributed by atoms with Crippen molar-refractivity contribution in [2.24, 2.45) is 7.05 Å². The number of para-hydroxylation sites is 2. The fraction of sp³-hybridized carbons (Fsp3) is 0.190. The van der Waals surface area contributed by atoms with Crippen LogP contribution in [0.15, 0.2) is 69.0 Å². The van der Waals surface area contributed by atoms with Crippen molar-refractivity contribution in [2.75, 3.05) is 5.75 Å². The Bertz CT molecular complexity index is 1200. The molecular formula is C21H19N3O3S. The first-order valence-corrected chi connectivity index (χ1v) is 9.88. The van der Waals surface area contributed by atoms with Crippen molar-refractivity contribution in [1.29, 1.82) is 0 Å². The number of rotatable bonds is 5. The van der Waals surface area contributed by atoms with Crippen LogP contribution >= 0.6 is 11.8 Å². The second-order valence-electron chi connectivity index (χ2n) is 6.54. The molecule has 0 aliphatic carbocycles. The lowest BCUT2D eigenvalue weighted by Crippen LogP contribution is -2.28. The highest BCUT2D eigenvalue weighted by atomic mass is 32.2. The summed E-state index contributed by atoms with van der Waals surface area (Å²) in [4.78, 5) is 29.3. The van der Waals surface area contributed by atoms with E-state index in [9.17, 15) is 9.59 Å². The largest absolute Gasteiger partial charge is 0.459 e. The van der Waals surface area contributed by atoms with Gasteiger partial charge in [-0.3, -0.25) is 14.2 Å². The Morgan fingerprint density at radius 1 is 1.21 bits per heavy atom. The van der Waals surface area contributed by atoms with Crippen LogP contribution in [0.3, 0.4) is 0 Å². The summed E-state index contributed by atoms with van der Waals surface area (Å²) in [6, 6.07) is 16.6. The quantitative estimate of drug-likeness (QED) is 0.414. The van der Waals surface area contributed by atoms with E-state index in [4.69, 9.17) is 4.42 Å². The Hall–Kier alpha value is -3.06. The Kier molecular flexibility index (Phi) is 4.92. The highest BCUT2D eigenvalue weighted by Gasteiger charge is 2.16. The first-order chi connectivity index (χ1) is 13.5. The molecule has 4 rings (SSSR count). The van der Waals surface area contributed by atoms with Gasteiger partial charge in [0.25, 0.3) is 5.56 Å². The van der Waals surface area contributed by atoms with E-state index in [1.165, 1.54) is 16.3 Å². The summed E-state index contributed by atoms with van der Waals surface area (Å²) in [7, 11) is 1.67. The number of furan rings is 1. The molecule has 0 spiro atoms.